The lowest BCUT2D eigenvalue weighted by Gasteiger charge is -2.35. The van der Waals surface area contributed by atoms with E-state index in [0.717, 1.165) is 19.3 Å². The summed E-state index contributed by atoms with van der Waals surface area (Å²) in [7, 11) is -2.00. The zero-order chi connectivity index (χ0) is 14.0. The standard InChI is InChI=1S/C12H20N4O2S/c1-10-5-3-4-8-16(10)19(17,18)15(2)12-6-7-14-9-11(12)13/h6-7,9-10H,3-5,8,13H2,1-2H3. The molecule has 1 aliphatic heterocycles. The maximum absolute atomic E-state index is 12.6. The highest BCUT2D eigenvalue weighted by atomic mass is 32.2. The van der Waals surface area contributed by atoms with Crippen LogP contribution in [0.15, 0.2) is 18.5 Å². The van der Waals surface area contributed by atoms with Gasteiger partial charge >= 0.3 is 10.2 Å². The number of anilines is 2. The molecule has 0 amide bonds. The third kappa shape index (κ3) is 2.66. The van der Waals surface area contributed by atoms with Crippen molar-refractivity contribution < 1.29 is 8.42 Å². The molecule has 0 radical (unpaired) electrons. The maximum Gasteiger partial charge on any atom is 0.304 e. The minimum atomic E-state index is -3.53. The molecule has 19 heavy (non-hydrogen) atoms. The van der Waals surface area contributed by atoms with Gasteiger partial charge in [0, 0.05) is 25.8 Å². The van der Waals surface area contributed by atoms with Crippen molar-refractivity contribution in [3.63, 3.8) is 0 Å². The van der Waals surface area contributed by atoms with Crippen molar-refractivity contribution in [3.8, 4) is 0 Å². The third-order valence-corrected chi connectivity index (χ3v) is 5.58. The molecule has 1 unspecified atom stereocenters. The second-order valence-electron chi connectivity index (χ2n) is 4.87. The van der Waals surface area contributed by atoms with Crippen molar-refractivity contribution >= 4 is 21.6 Å². The summed E-state index contributed by atoms with van der Waals surface area (Å²) in [5, 5.41) is 0. The van der Waals surface area contributed by atoms with E-state index in [4.69, 9.17) is 5.73 Å². The Morgan fingerprint density at radius 1 is 1.47 bits per heavy atom. The normalized spacial score (nSPS) is 21.3. The molecule has 2 N–H and O–H groups in total. The van der Waals surface area contributed by atoms with Gasteiger partial charge in [-0.2, -0.15) is 12.7 Å². The molecule has 6 nitrogen and oxygen atoms in total. The predicted octanol–water partition coefficient (Wildman–Crippen LogP) is 1.22. The Hall–Kier alpha value is -1.34. The second-order valence-corrected chi connectivity index (χ2v) is 6.78. The summed E-state index contributed by atoms with van der Waals surface area (Å²) in [6.45, 7) is 2.51. The zero-order valence-corrected chi connectivity index (χ0v) is 12.1. The van der Waals surface area contributed by atoms with Crippen LogP contribution < -0.4 is 10.0 Å². The Balaban J connectivity index is 2.31. The molecule has 1 saturated heterocycles. The minimum absolute atomic E-state index is 0.0317. The quantitative estimate of drug-likeness (QED) is 0.905. The van der Waals surface area contributed by atoms with E-state index in [2.05, 4.69) is 4.98 Å². The van der Waals surface area contributed by atoms with E-state index in [1.165, 1.54) is 23.7 Å². The van der Waals surface area contributed by atoms with Gasteiger partial charge in [-0.25, -0.2) is 0 Å². The van der Waals surface area contributed by atoms with Crippen LogP contribution in [0.3, 0.4) is 0 Å². The number of nitrogen functional groups attached to an aromatic ring is 1. The van der Waals surface area contributed by atoms with E-state index in [-0.39, 0.29) is 6.04 Å². The predicted molar refractivity (Wildman–Crippen MR) is 76.0 cm³/mol. The van der Waals surface area contributed by atoms with Gasteiger partial charge in [-0.15, -0.1) is 0 Å². The first-order valence-corrected chi connectivity index (χ1v) is 7.79. The van der Waals surface area contributed by atoms with Crippen molar-refractivity contribution in [1.29, 1.82) is 0 Å². The molecule has 0 saturated carbocycles. The van der Waals surface area contributed by atoms with Gasteiger partial charge < -0.3 is 5.73 Å². The van der Waals surface area contributed by atoms with Gasteiger partial charge in [0.1, 0.15) is 0 Å². The topological polar surface area (TPSA) is 79.5 Å². The summed E-state index contributed by atoms with van der Waals surface area (Å²) in [6, 6.07) is 1.64. The van der Waals surface area contributed by atoms with Gasteiger partial charge in [0.25, 0.3) is 0 Å². The van der Waals surface area contributed by atoms with E-state index in [1.807, 2.05) is 6.92 Å². The van der Waals surface area contributed by atoms with E-state index in [0.29, 0.717) is 17.9 Å². The molecule has 0 aliphatic carbocycles. The number of hydrogen-bond acceptors (Lipinski definition) is 4. The van der Waals surface area contributed by atoms with Crippen LogP contribution in [0.1, 0.15) is 26.2 Å². The fourth-order valence-electron chi connectivity index (χ4n) is 2.38. The Morgan fingerprint density at radius 2 is 2.21 bits per heavy atom. The van der Waals surface area contributed by atoms with Crippen molar-refractivity contribution in [2.45, 2.75) is 32.2 Å². The van der Waals surface area contributed by atoms with E-state index >= 15 is 0 Å². The average molecular weight is 284 g/mol. The van der Waals surface area contributed by atoms with Crippen LogP contribution in [0.25, 0.3) is 0 Å². The minimum Gasteiger partial charge on any atom is -0.396 e. The molecule has 1 aromatic rings. The second kappa shape index (κ2) is 5.34. The Bertz CT molecular complexity index is 546. The molecule has 1 aliphatic rings. The fourth-order valence-corrected chi connectivity index (χ4v) is 4.03. The molecule has 7 heteroatoms. The number of piperidine rings is 1. The highest BCUT2D eigenvalue weighted by Crippen LogP contribution is 2.27. The Labute approximate surface area is 114 Å². The first-order valence-electron chi connectivity index (χ1n) is 6.40. The number of pyridine rings is 1. The number of nitrogens with zero attached hydrogens (tertiary/aromatic N) is 3. The first kappa shape index (κ1) is 14.1. The monoisotopic (exact) mass is 284 g/mol. The van der Waals surface area contributed by atoms with Gasteiger partial charge in [0.05, 0.1) is 17.6 Å². The van der Waals surface area contributed by atoms with Crippen molar-refractivity contribution in [2.24, 2.45) is 0 Å². The molecule has 1 atom stereocenters. The lowest BCUT2D eigenvalue weighted by molar-refractivity contribution is 0.268. The smallest absolute Gasteiger partial charge is 0.304 e. The van der Waals surface area contributed by atoms with Crippen LogP contribution in [0.2, 0.25) is 0 Å². The molecule has 0 bridgehead atoms. The van der Waals surface area contributed by atoms with Crippen LogP contribution in [0.4, 0.5) is 11.4 Å². The van der Waals surface area contributed by atoms with Crippen molar-refractivity contribution in [2.75, 3.05) is 23.6 Å². The van der Waals surface area contributed by atoms with Crippen molar-refractivity contribution in [3.05, 3.63) is 18.5 Å². The highest BCUT2D eigenvalue weighted by molar-refractivity contribution is 7.90. The summed E-state index contributed by atoms with van der Waals surface area (Å²) in [5.74, 6) is 0. The van der Waals surface area contributed by atoms with Gasteiger partial charge in [0.15, 0.2) is 0 Å². The van der Waals surface area contributed by atoms with Crippen LogP contribution in [-0.2, 0) is 10.2 Å². The number of hydrogen-bond donors (Lipinski definition) is 1. The maximum atomic E-state index is 12.6. The molecule has 1 aromatic heterocycles. The van der Waals surface area contributed by atoms with Crippen LogP contribution in [0.5, 0.6) is 0 Å². The Kier molecular flexibility index (Phi) is 3.96. The van der Waals surface area contributed by atoms with Gasteiger partial charge in [-0.3, -0.25) is 9.29 Å². The van der Waals surface area contributed by atoms with Gasteiger partial charge in [0.2, 0.25) is 0 Å². The van der Waals surface area contributed by atoms with Crippen molar-refractivity contribution in [1.82, 2.24) is 9.29 Å². The summed E-state index contributed by atoms with van der Waals surface area (Å²) >= 11 is 0. The number of rotatable bonds is 3. The molecule has 0 spiro atoms. The van der Waals surface area contributed by atoms with Crippen LogP contribution >= 0.6 is 0 Å². The number of aromatic nitrogens is 1. The SMILES string of the molecule is CC1CCCCN1S(=O)(=O)N(C)c1ccncc1N. The van der Waals surface area contributed by atoms with Crippen LogP contribution in [-0.4, -0.2) is 37.3 Å². The zero-order valence-electron chi connectivity index (χ0n) is 11.3. The van der Waals surface area contributed by atoms with E-state index < -0.39 is 10.2 Å². The molecule has 1 fully saturated rings. The largest absolute Gasteiger partial charge is 0.396 e. The lowest BCUT2D eigenvalue weighted by Crippen LogP contribution is -2.48. The average Bonchev–Trinajstić information content (AvgIpc) is 2.39. The third-order valence-electron chi connectivity index (χ3n) is 3.55. The Morgan fingerprint density at radius 3 is 2.84 bits per heavy atom. The number of nitrogens with two attached hydrogens (primary N) is 1. The molecular weight excluding hydrogens is 264 g/mol. The highest BCUT2D eigenvalue weighted by Gasteiger charge is 2.33. The van der Waals surface area contributed by atoms with E-state index in [1.54, 1.807) is 10.4 Å². The van der Waals surface area contributed by atoms with Crippen LogP contribution in [0, 0.1) is 0 Å². The lowest BCUT2D eigenvalue weighted by atomic mass is 10.1. The van der Waals surface area contributed by atoms with E-state index in [9.17, 15) is 8.42 Å². The fraction of sp³-hybridized carbons (Fsp3) is 0.583. The summed E-state index contributed by atoms with van der Waals surface area (Å²) in [4.78, 5) is 3.88. The molecule has 2 rings (SSSR count). The summed E-state index contributed by atoms with van der Waals surface area (Å²) in [6.07, 6.45) is 5.88. The molecule has 106 valence electrons. The van der Waals surface area contributed by atoms with Gasteiger partial charge in [-0.05, 0) is 25.8 Å². The molecular formula is C12H20N4O2S. The van der Waals surface area contributed by atoms with Gasteiger partial charge in [-0.1, -0.05) is 6.42 Å². The first-order chi connectivity index (χ1) is 8.94. The summed E-state index contributed by atoms with van der Waals surface area (Å²) in [5.41, 5.74) is 6.62. The molecule has 0 aromatic carbocycles. The molecule has 2 heterocycles. The summed E-state index contributed by atoms with van der Waals surface area (Å²) < 4.78 is 28.0.